The molecule has 0 bridgehead atoms. The molecule has 0 aliphatic carbocycles. The number of benzene rings is 1. The quantitative estimate of drug-likeness (QED) is 0.893. The molecule has 0 radical (unpaired) electrons. The van der Waals surface area contributed by atoms with Crippen LogP contribution in [0.2, 0.25) is 0 Å². The molecule has 2 aliphatic heterocycles. The third kappa shape index (κ3) is 3.30. The lowest BCUT2D eigenvalue weighted by Crippen LogP contribution is -2.48. The number of rotatable bonds is 3. The third-order valence-corrected chi connectivity index (χ3v) is 4.52. The highest BCUT2D eigenvalue weighted by Crippen LogP contribution is 2.30. The predicted molar refractivity (Wildman–Crippen MR) is 78.8 cm³/mol. The van der Waals surface area contributed by atoms with E-state index in [1.807, 2.05) is 0 Å². The summed E-state index contributed by atoms with van der Waals surface area (Å²) in [5, 5.41) is 12.2. The Morgan fingerprint density at radius 1 is 1.35 bits per heavy atom. The molecular formula is C16H20F2N2O3. The van der Waals surface area contributed by atoms with Crippen molar-refractivity contribution in [2.24, 2.45) is 0 Å². The summed E-state index contributed by atoms with van der Waals surface area (Å²) < 4.78 is 32.1. The van der Waals surface area contributed by atoms with Gasteiger partial charge in [-0.2, -0.15) is 0 Å². The minimum atomic E-state index is -0.928. The molecular weight excluding hydrogens is 306 g/mol. The van der Waals surface area contributed by atoms with Crippen LogP contribution >= 0.6 is 0 Å². The molecule has 1 aromatic carbocycles. The second-order valence-electron chi connectivity index (χ2n) is 5.98. The van der Waals surface area contributed by atoms with Crippen molar-refractivity contribution in [1.29, 1.82) is 0 Å². The van der Waals surface area contributed by atoms with Crippen molar-refractivity contribution < 1.29 is 23.4 Å². The fourth-order valence-electron chi connectivity index (χ4n) is 3.29. The number of hydrogen-bond acceptors (Lipinski definition) is 3. The van der Waals surface area contributed by atoms with Crippen molar-refractivity contribution in [2.45, 2.75) is 37.5 Å². The van der Waals surface area contributed by atoms with Crippen molar-refractivity contribution in [2.75, 3.05) is 19.8 Å². The van der Waals surface area contributed by atoms with E-state index in [1.54, 1.807) is 4.90 Å². The van der Waals surface area contributed by atoms with Gasteiger partial charge in [0, 0.05) is 13.2 Å². The molecule has 23 heavy (non-hydrogen) atoms. The van der Waals surface area contributed by atoms with Crippen LogP contribution < -0.4 is 5.32 Å². The van der Waals surface area contributed by atoms with Crippen LogP contribution in [0.15, 0.2) is 18.2 Å². The van der Waals surface area contributed by atoms with Crippen molar-refractivity contribution in [3.8, 4) is 0 Å². The number of hydrogen-bond donors (Lipinski definition) is 2. The molecule has 3 rings (SSSR count). The molecule has 2 saturated heterocycles. The molecule has 7 heteroatoms. The van der Waals surface area contributed by atoms with E-state index in [0.29, 0.717) is 25.1 Å². The van der Waals surface area contributed by atoms with E-state index in [-0.39, 0.29) is 24.7 Å². The maximum absolute atomic E-state index is 13.4. The average molecular weight is 326 g/mol. The Labute approximate surface area is 133 Å². The van der Waals surface area contributed by atoms with Gasteiger partial charge < -0.3 is 20.1 Å². The van der Waals surface area contributed by atoms with Crippen molar-refractivity contribution in [3.63, 3.8) is 0 Å². The number of ether oxygens (including phenoxy) is 1. The second-order valence-corrected chi connectivity index (χ2v) is 5.98. The van der Waals surface area contributed by atoms with Gasteiger partial charge in [0.2, 0.25) is 0 Å². The number of nitrogens with zero attached hydrogens (tertiary/aromatic N) is 1. The average Bonchev–Trinajstić information content (AvgIpc) is 3.18. The van der Waals surface area contributed by atoms with Gasteiger partial charge in [-0.15, -0.1) is 0 Å². The highest BCUT2D eigenvalue weighted by Gasteiger charge is 2.35. The lowest BCUT2D eigenvalue weighted by Gasteiger charge is -2.27. The summed E-state index contributed by atoms with van der Waals surface area (Å²) in [4.78, 5) is 14.0. The Morgan fingerprint density at radius 3 is 2.91 bits per heavy atom. The minimum absolute atomic E-state index is 0.0544. The molecule has 0 aromatic heterocycles. The molecule has 0 spiro atoms. The first kappa shape index (κ1) is 16.1. The first-order chi connectivity index (χ1) is 11.1. The summed E-state index contributed by atoms with van der Waals surface area (Å²) in [6, 6.07) is 2.94. The van der Waals surface area contributed by atoms with Crippen LogP contribution in [-0.2, 0) is 4.74 Å². The van der Waals surface area contributed by atoms with Gasteiger partial charge in [-0.25, -0.2) is 13.6 Å². The lowest BCUT2D eigenvalue weighted by molar-refractivity contribution is 0.0962. The summed E-state index contributed by atoms with van der Waals surface area (Å²) in [5.74, 6) is -1.84. The number of urea groups is 1. The fraction of sp³-hybridized carbons (Fsp3) is 0.562. The van der Waals surface area contributed by atoms with Crippen LogP contribution in [0, 0.1) is 11.6 Å². The third-order valence-electron chi connectivity index (χ3n) is 4.52. The van der Waals surface area contributed by atoms with Gasteiger partial charge in [-0.05, 0) is 37.0 Å². The largest absolute Gasteiger partial charge is 0.394 e. The summed E-state index contributed by atoms with van der Waals surface area (Å²) >= 11 is 0. The van der Waals surface area contributed by atoms with Crippen LogP contribution in [0.3, 0.4) is 0 Å². The maximum atomic E-state index is 13.4. The maximum Gasteiger partial charge on any atom is 0.318 e. The van der Waals surface area contributed by atoms with Gasteiger partial charge >= 0.3 is 6.03 Å². The smallest absolute Gasteiger partial charge is 0.318 e. The molecule has 3 atom stereocenters. The van der Waals surface area contributed by atoms with Crippen LogP contribution in [0.5, 0.6) is 0 Å². The Kier molecular flexibility index (Phi) is 4.77. The Bertz CT molecular complexity index is 584. The van der Waals surface area contributed by atoms with Gasteiger partial charge in [-0.1, -0.05) is 6.07 Å². The van der Waals surface area contributed by atoms with Gasteiger partial charge in [0.15, 0.2) is 11.6 Å². The number of amides is 2. The summed E-state index contributed by atoms with van der Waals surface area (Å²) in [5.41, 5.74) is 0.506. The molecule has 2 heterocycles. The fourth-order valence-corrected chi connectivity index (χ4v) is 3.29. The zero-order valence-corrected chi connectivity index (χ0v) is 12.7. The number of aliphatic hydroxyl groups excluding tert-OH is 1. The van der Waals surface area contributed by atoms with Gasteiger partial charge in [0.05, 0.1) is 18.7 Å². The number of carbonyl (C=O) groups is 1. The molecule has 2 N–H and O–H groups in total. The zero-order valence-electron chi connectivity index (χ0n) is 12.7. The standard InChI is InChI=1S/C16H20F2N2O3/c17-12-4-3-10(8-13(12)18)15-14(5-7-23-15)19-16(22)20-6-1-2-11(20)9-21/h3-4,8,11,14-15,21H,1-2,5-7,9H2,(H,19,22)/t11-,14+,15+/m0/s1. The van der Waals surface area contributed by atoms with E-state index in [4.69, 9.17) is 4.74 Å². The van der Waals surface area contributed by atoms with E-state index in [9.17, 15) is 18.7 Å². The SMILES string of the molecule is O=C(N[C@@H]1CCO[C@@H]1c1ccc(F)c(F)c1)N1CCC[C@H]1CO. The predicted octanol–water partition coefficient (Wildman–Crippen LogP) is 1.96. The highest BCUT2D eigenvalue weighted by molar-refractivity contribution is 5.75. The molecule has 2 aliphatic rings. The molecule has 126 valence electrons. The summed E-state index contributed by atoms with van der Waals surface area (Å²) in [6.07, 6.45) is 1.76. The van der Waals surface area contributed by atoms with Gasteiger partial charge in [-0.3, -0.25) is 0 Å². The van der Waals surface area contributed by atoms with Crippen LogP contribution in [0.1, 0.15) is 30.9 Å². The molecule has 1 aromatic rings. The van der Waals surface area contributed by atoms with E-state index in [0.717, 1.165) is 25.0 Å². The van der Waals surface area contributed by atoms with E-state index >= 15 is 0 Å². The first-order valence-corrected chi connectivity index (χ1v) is 7.84. The first-order valence-electron chi connectivity index (χ1n) is 7.84. The Balaban J connectivity index is 1.69. The summed E-state index contributed by atoms with van der Waals surface area (Å²) in [7, 11) is 0. The summed E-state index contributed by atoms with van der Waals surface area (Å²) in [6.45, 7) is 1.000. The molecule has 0 unspecified atom stereocenters. The molecule has 5 nitrogen and oxygen atoms in total. The van der Waals surface area contributed by atoms with Crippen LogP contribution in [0.4, 0.5) is 13.6 Å². The van der Waals surface area contributed by atoms with E-state index in [2.05, 4.69) is 5.32 Å². The Hall–Kier alpha value is -1.73. The normalized spacial score (nSPS) is 27.4. The van der Waals surface area contributed by atoms with Crippen molar-refractivity contribution in [3.05, 3.63) is 35.4 Å². The van der Waals surface area contributed by atoms with Crippen LogP contribution in [0.25, 0.3) is 0 Å². The minimum Gasteiger partial charge on any atom is -0.394 e. The highest BCUT2D eigenvalue weighted by atomic mass is 19.2. The zero-order chi connectivity index (χ0) is 16.4. The van der Waals surface area contributed by atoms with Gasteiger partial charge in [0.1, 0.15) is 6.10 Å². The molecule has 2 fully saturated rings. The van der Waals surface area contributed by atoms with E-state index in [1.165, 1.54) is 6.07 Å². The topological polar surface area (TPSA) is 61.8 Å². The van der Waals surface area contributed by atoms with Crippen molar-refractivity contribution in [1.82, 2.24) is 10.2 Å². The number of likely N-dealkylation sites (tertiary alicyclic amines) is 1. The monoisotopic (exact) mass is 326 g/mol. The van der Waals surface area contributed by atoms with Crippen molar-refractivity contribution >= 4 is 6.03 Å². The molecule has 0 saturated carbocycles. The number of halogens is 2. The Morgan fingerprint density at radius 2 is 2.17 bits per heavy atom. The van der Waals surface area contributed by atoms with Crippen LogP contribution in [-0.4, -0.2) is 47.9 Å². The number of nitrogens with one attached hydrogen (secondary N) is 1. The molecule has 2 amide bonds. The number of aliphatic hydroxyl groups is 1. The van der Waals surface area contributed by atoms with E-state index < -0.39 is 17.7 Å². The lowest BCUT2D eigenvalue weighted by atomic mass is 10.0. The second kappa shape index (κ2) is 6.80. The van der Waals surface area contributed by atoms with Gasteiger partial charge in [0.25, 0.3) is 0 Å². The number of carbonyl (C=O) groups excluding carboxylic acids is 1.